The van der Waals surface area contributed by atoms with Crippen LogP contribution in [0.4, 0.5) is 4.39 Å². The number of nitrogens with one attached hydrogen (secondary N) is 1. The molecular formula is C18H15FN2O3. The fraction of sp³-hybridized carbons (Fsp3) is 0.111. The lowest BCUT2D eigenvalue weighted by molar-refractivity contribution is 0.0950. The van der Waals surface area contributed by atoms with Gasteiger partial charge in [0, 0.05) is 11.6 Å². The number of carbonyl (C=O) groups excluding carboxylic acids is 1. The molecule has 0 saturated heterocycles. The Labute approximate surface area is 138 Å². The van der Waals surface area contributed by atoms with E-state index in [1.165, 1.54) is 6.07 Å². The van der Waals surface area contributed by atoms with E-state index in [1.807, 2.05) is 0 Å². The lowest BCUT2D eigenvalue weighted by Gasteiger charge is -2.04. The highest BCUT2D eigenvalue weighted by atomic mass is 19.1. The van der Waals surface area contributed by atoms with Crippen molar-refractivity contribution in [2.45, 2.75) is 6.54 Å². The van der Waals surface area contributed by atoms with Crippen LogP contribution >= 0.6 is 0 Å². The highest BCUT2D eigenvalue weighted by Gasteiger charge is 2.12. The zero-order valence-electron chi connectivity index (χ0n) is 13.0. The molecule has 1 aromatic heterocycles. The molecule has 0 atom stereocenters. The standard InChI is InChI=1S/C18H15FN2O3/c1-23-14-8-6-12(7-9-14)18(22)20-11-13-10-17(24-21-13)15-4-2-3-5-16(15)19/h2-10H,11H2,1H3,(H,20,22). The minimum atomic E-state index is -0.387. The number of methoxy groups -OCH3 is 1. The summed E-state index contributed by atoms with van der Waals surface area (Å²) in [5.74, 6) is 0.370. The second-order valence-corrected chi connectivity index (χ2v) is 5.07. The van der Waals surface area contributed by atoms with Gasteiger partial charge in [-0.3, -0.25) is 4.79 Å². The van der Waals surface area contributed by atoms with E-state index in [2.05, 4.69) is 10.5 Å². The number of ether oxygens (including phenoxy) is 1. The molecule has 1 amide bonds. The van der Waals surface area contributed by atoms with Gasteiger partial charge in [0.1, 0.15) is 17.3 Å². The number of carbonyl (C=O) groups is 1. The van der Waals surface area contributed by atoms with E-state index in [4.69, 9.17) is 9.26 Å². The van der Waals surface area contributed by atoms with Crippen molar-refractivity contribution in [3.05, 3.63) is 71.7 Å². The van der Waals surface area contributed by atoms with Gasteiger partial charge in [0.25, 0.3) is 5.91 Å². The molecule has 1 N–H and O–H groups in total. The van der Waals surface area contributed by atoms with Gasteiger partial charge in [-0.05, 0) is 36.4 Å². The Kier molecular flexibility index (Phi) is 4.56. The van der Waals surface area contributed by atoms with E-state index < -0.39 is 0 Å². The number of halogens is 1. The number of hydrogen-bond acceptors (Lipinski definition) is 4. The maximum atomic E-state index is 13.7. The summed E-state index contributed by atoms with van der Waals surface area (Å²) in [5.41, 5.74) is 1.35. The van der Waals surface area contributed by atoms with Gasteiger partial charge in [-0.1, -0.05) is 17.3 Å². The number of nitrogens with zero attached hydrogens (tertiary/aromatic N) is 1. The largest absolute Gasteiger partial charge is 0.497 e. The minimum absolute atomic E-state index is 0.183. The fourth-order valence-corrected chi connectivity index (χ4v) is 2.20. The molecule has 0 saturated carbocycles. The number of benzene rings is 2. The lowest BCUT2D eigenvalue weighted by Crippen LogP contribution is -2.22. The predicted molar refractivity (Wildman–Crippen MR) is 86.1 cm³/mol. The summed E-state index contributed by atoms with van der Waals surface area (Å²) >= 11 is 0. The molecule has 0 aliphatic heterocycles. The van der Waals surface area contributed by atoms with Crippen LogP contribution in [0, 0.1) is 5.82 Å². The molecule has 24 heavy (non-hydrogen) atoms. The summed E-state index contributed by atoms with van der Waals surface area (Å²) in [6.45, 7) is 0.183. The molecule has 0 bridgehead atoms. The molecule has 6 heteroatoms. The molecule has 1 heterocycles. The highest BCUT2D eigenvalue weighted by molar-refractivity contribution is 5.94. The fourth-order valence-electron chi connectivity index (χ4n) is 2.20. The zero-order valence-corrected chi connectivity index (χ0v) is 13.0. The zero-order chi connectivity index (χ0) is 16.9. The van der Waals surface area contributed by atoms with E-state index in [0.717, 1.165) is 0 Å². The van der Waals surface area contributed by atoms with Crippen molar-refractivity contribution < 1.29 is 18.4 Å². The molecule has 0 aliphatic carbocycles. The molecule has 122 valence electrons. The summed E-state index contributed by atoms with van der Waals surface area (Å²) in [5, 5.41) is 6.59. The number of amides is 1. The van der Waals surface area contributed by atoms with Crippen LogP contribution in [0.2, 0.25) is 0 Å². The van der Waals surface area contributed by atoms with E-state index >= 15 is 0 Å². The van der Waals surface area contributed by atoms with Gasteiger partial charge in [-0.25, -0.2) is 4.39 Å². The predicted octanol–water partition coefficient (Wildman–Crippen LogP) is 3.42. The van der Waals surface area contributed by atoms with E-state index in [-0.39, 0.29) is 18.3 Å². The molecule has 3 rings (SSSR count). The van der Waals surface area contributed by atoms with Crippen LogP contribution in [0.5, 0.6) is 5.75 Å². The first kappa shape index (κ1) is 15.7. The summed E-state index contributed by atoms with van der Waals surface area (Å²) in [6, 6.07) is 14.6. The quantitative estimate of drug-likeness (QED) is 0.780. The molecule has 0 spiro atoms. The summed E-state index contributed by atoms with van der Waals surface area (Å²) in [4.78, 5) is 12.1. The maximum absolute atomic E-state index is 13.7. The first-order valence-corrected chi connectivity index (χ1v) is 7.30. The van der Waals surface area contributed by atoms with Crippen molar-refractivity contribution in [1.29, 1.82) is 0 Å². The summed E-state index contributed by atoms with van der Waals surface area (Å²) in [6.07, 6.45) is 0. The third-order valence-corrected chi connectivity index (χ3v) is 3.48. The summed E-state index contributed by atoms with van der Waals surface area (Å²) < 4.78 is 23.9. The summed E-state index contributed by atoms with van der Waals surface area (Å²) in [7, 11) is 1.56. The van der Waals surface area contributed by atoms with E-state index in [9.17, 15) is 9.18 Å². The van der Waals surface area contributed by atoms with Gasteiger partial charge in [-0.15, -0.1) is 0 Å². The van der Waals surface area contributed by atoms with Crippen LogP contribution < -0.4 is 10.1 Å². The minimum Gasteiger partial charge on any atom is -0.497 e. The Morgan fingerprint density at radius 1 is 1.21 bits per heavy atom. The van der Waals surface area contributed by atoms with Crippen LogP contribution in [0.25, 0.3) is 11.3 Å². The van der Waals surface area contributed by atoms with Crippen LogP contribution in [0.3, 0.4) is 0 Å². The Hall–Kier alpha value is -3.15. The van der Waals surface area contributed by atoms with Gasteiger partial charge in [0.05, 0.1) is 19.2 Å². The van der Waals surface area contributed by atoms with Crippen molar-refractivity contribution >= 4 is 5.91 Å². The van der Waals surface area contributed by atoms with Crippen molar-refractivity contribution in [2.24, 2.45) is 0 Å². The third-order valence-electron chi connectivity index (χ3n) is 3.48. The first-order valence-electron chi connectivity index (χ1n) is 7.30. The van der Waals surface area contributed by atoms with Gasteiger partial charge < -0.3 is 14.6 Å². The molecular weight excluding hydrogens is 311 g/mol. The van der Waals surface area contributed by atoms with Crippen molar-refractivity contribution in [3.8, 4) is 17.1 Å². The normalized spacial score (nSPS) is 10.4. The SMILES string of the molecule is COc1ccc(C(=O)NCc2cc(-c3ccccc3F)on2)cc1. The van der Waals surface area contributed by atoms with Crippen LogP contribution in [-0.4, -0.2) is 18.2 Å². The smallest absolute Gasteiger partial charge is 0.251 e. The maximum Gasteiger partial charge on any atom is 0.251 e. The van der Waals surface area contributed by atoms with Crippen LogP contribution in [0.15, 0.2) is 59.1 Å². The number of aromatic nitrogens is 1. The molecule has 0 aliphatic rings. The average Bonchev–Trinajstić information content (AvgIpc) is 3.09. The first-order chi connectivity index (χ1) is 11.7. The van der Waals surface area contributed by atoms with Gasteiger partial charge >= 0.3 is 0 Å². The van der Waals surface area contributed by atoms with Crippen molar-refractivity contribution in [3.63, 3.8) is 0 Å². The van der Waals surface area contributed by atoms with Gasteiger partial charge in [0.2, 0.25) is 0 Å². The van der Waals surface area contributed by atoms with Crippen LogP contribution in [0.1, 0.15) is 16.1 Å². The van der Waals surface area contributed by atoms with E-state index in [1.54, 1.807) is 55.6 Å². The molecule has 0 fully saturated rings. The molecule has 0 radical (unpaired) electrons. The van der Waals surface area contributed by atoms with Gasteiger partial charge in [-0.2, -0.15) is 0 Å². The lowest BCUT2D eigenvalue weighted by atomic mass is 10.1. The number of rotatable bonds is 5. The second-order valence-electron chi connectivity index (χ2n) is 5.07. The Balaban J connectivity index is 1.65. The van der Waals surface area contributed by atoms with Crippen molar-refractivity contribution in [2.75, 3.05) is 7.11 Å². The number of hydrogen-bond donors (Lipinski definition) is 1. The molecule has 5 nitrogen and oxygen atoms in total. The third kappa shape index (κ3) is 3.43. The Morgan fingerprint density at radius 3 is 2.67 bits per heavy atom. The van der Waals surface area contributed by atoms with E-state index in [0.29, 0.717) is 28.3 Å². The topological polar surface area (TPSA) is 64.4 Å². The van der Waals surface area contributed by atoms with Crippen molar-refractivity contribution in [1.82, 2.24) is 10.5 Å². The Morgan fingerprint density at radius 2 is 1.96 bits per heavy atom. The van der Waals surface area contributed by atoms with Gasteiger partial charge in [0.15, 0.2) is 5.76 Å². The monoisotopic (exact) mass is 326 g/mol. The molecule has 2 aromatic carbocycles. The molecule has 3 aromatic rings. The second kappa shape index (κ2) is 6.95. The van der Waals surface area contributed by atoms with Crippen LogP contribution in [-0.2, 0) is 6.54 Å². The average molecular weight is 326 g/mol. The molecule has 0 unspecified atom stereocenters. The highest BCUT2D eigenvalue weighted by Crippen LogP contribution is 2.23. The Bertz CT molecular complexity index is 843.